The van der Waals surface area contributed by atoms with E-state index < -0.39 is 12.1 Å². The summed E-state index contributed by atoms with van der Waals surface area (Å²) in [5, 5.41) is 6.24. The summed E-state index contributed by atoms with van der Waals surface area (Å²) in [7, 11) is 4.67. The highest BCUT2D eigenvalue weighted by molar-refractivity contribution is 5.84. The van der Waals surface area contributed by atoms with Crippen molar-refractivity contribution in [3.8, 4) is 39.9 Å². The largest absolute Gasteiger partial charge is 0.493 e. The van der Waals surface area contributed by atoms with Gasteiger partial charge in [-0.2, -0.15) is 0 Å². The molecule has 0 bridgehead atoms. The van der Waals surface area contributed by atoms with Crippen LogP contribution in [0.2, 0.25) is 0 Å². The lowest BCUT2D eigenvalue weighted by Crippen LogP contribution is -2.55. The van der Waals surface area contributed by atoms with E-state index in [1.807, 2.05) is 24.3 Å². The maximum atomic E-state index is 13.6. The van der Waals surface area contributed by atoms with Gasteiger partial charge >= 0.3 is 0 Å². The first kappa shape index (κ1) is 35.4. The second-order valence-electron chi connectivity index (χ2n) is 12.7. The summed E-state index contributed by atoms with van der Waals surface area (Å²) in [4.78, 5) is 55.5. The van der Waals surface area contributed by atoms with Crippen molar-refractivity contribution in [2.45, 2.75) is 44.8 Å². The van der Waals surface area contributed by atoms with Gasteiger partial charge in [0.15, 0.2) is 23.0 Å². The van der Waals surface area contributed by atoms with Gasteiger partial charge in [-0.1, -0.05) is 18.2 Å². The lowest BCUT2D eigenvalue weighted by molar-refractivity contribution is -0.146. The Labute approximate surface area is 296 Å². The van der Waals surface area contributed by atoms with Crippen LogP contribution in [0.4, 0.5) is 5.69 Å². The summed E-state index contributed by atoms with van der Waals surface area (Å²) in [6, 6.07) is 13.9. The van der Waals surface area contributed by atoms with Crippen LogP contribution in [0.1, 0.15) is 43.4 Å². The first-order chi connectivity index (χ1) is 24.7. The van der Waals surface area contributed by atoms with Gasteiger partial charge in [-0.25, -0.2) is 0 Å². The lowest BCUT2D eigenvalue weighted by Gasteiger charge is -2.37. The lowest BCUT2D eigenvalue weighted by atomic mass is 9.95. The molecule has 1 saturated heterocycles. The van der Waals surface area contributed by atoms with Crippen LogP contribution in [0, 0.1) is 0 Å². The Morgan fingerprint density at radius 1 is 0.902 bits per heavy atom. The molecule has 13 heteroatoms. The van der Waals surface area contributed by atoms with Gasteiger partial charge in [0.1, 0.15) is 6.61 Å². The first-order valence-corrected chi connectivity index (χ1v) is 17.2. The number of amides is 3. The molecule has 0 saturated carbocycles. The minimum atomic E-state index is -0.715. The van der Waals surface area contributed by atoms with Gasteiger partial charge in [-0.05, 0) is 66.3 Å². The smallest absolute Gasteiger partial charge is 0.267 e. The van der Waals surface area contributed by atoms with Crippen molar-refractivity contribution in [1.29, 1.82) is 0 Å². The van der Waals surface area contributed by atoms with E-state index in [2.05, 4.69) is 10.6 Å². The van der Waals surface area contributed by atoms with Gasteiger partial charge in [-0.3, -0.25) is 19.2 Å². The Hall–Kier alpha value is -5.46. The average Bonchev–Trinajstić information content (AvgIpc) is 3.39. The second-order valence-corrected chi connectivity index (χ2v) is 12.7. The molecule has 3 aromatic carbocycles. The molecule has 1 aliphatic carbocycles. The molecule has 51 heavy (non-hydrogen) atoms. The molecule has 0 spiro atoms. The minimum Gasteiger partial charge on any atom is -0.493 e. The third-order valence-electron chi connectivity index (χ3n) is 9.53. The molecular formula is C38H44N4O9. The van der Waals surface area contributed by atoms with E-state index in [4.69, 9.17) is 23.7 Å². The highest BCUT2D eigenvalue weighted by Gasteiger charge is 2.34. The summed E-state index contributed by atoms with van der Waals surface area (Å²) in [5.74, 6) is 2.27. The van der Waals surface area contributed by atoms with Crippen LogP contribution in [0.3, 0.4) is 0 Å². The third-order valence-corrected chi connectivity index (χ3v) is 9.53. The number of fused-ring (bicyclic) bond motifs is 4. The van der Waals surface area contributed by atoms with E-state index in [-0.39, 0.29) is 36.2 Å². The molecule has 2 N–H and O–H groups in total. The molecule has 270 valence electrons. The van der Waals surface area contributed by atoms with Gasteiger partial charge in [0.05, 0.1) is 33.1 Å². The molecule has 0 unspecified atom stereocenters. The number of anilines is 1. The highest BCUT2D eigenvalue weighted by atomic mass is 16.6. The SMILES string of the molecule is COc1cc2c(c(OC)c1OC)-c1ccc(NCCCC(=O)N3CCN(C(=O)[C@H]4COc5ccccc5O4)CC3)c(=O)cc1[C@@H](NC(C)=O)CC2. The summed E-state index contributed by atoms with van der Waals surface area (Å²) < 4.78 is 28.7. The highest BCUT2D eigenvalue weighted by Crippen LogP contribution is 2.50. The molecule has 2 heterocycles. The zero-order chi connectivity index (χ0) is 36.1. The zero-order valence-electron chi connectivity index (χ0n) is 29.4. The molecule has 6 rings (SSSR count). The predicted molar refractivity (Wildman–Crippen MR) is 190 cm³/mol. The zero-order valence-corrected chi connectivity index (χ0v) is 29.4. The summed E-state index contributed by atoms with van der Waals surface area (Å²) >= 11 is 0. The Balaban J connectivity index is 1.09. The van der Waals surface area contributed by atoms with Crippen LogP contribution in [0.5, 0.6) is 28.7 Å². The predicted octanol–water partition coefficient (Wildman–Crippen LogP) is 3.57. The quantitative estimate of drug-likeness (QED) is 0.301. The number of ether oxygens (including phenoxy) is 5. The Morgan fingerprint density at radius 3 is 2.33 bits per heavy atom. The Kier molecular flexibility index (Phi) is 10.8. The molecule has 0 aromatic heterocycles. The molecule has 3 amide bonds. The number of hydrogen-bond donors (Lipinski definition) is 2. The fourth-order valence-corrected chi connectivity index (χ4v) is 7.00. The number of benzene rings is 2. The van der Waals surface area contributed by atoms with Gasteiger partial charge < -0.3 is 44.1 Å². The van der Waals surface area contributed by atoms with E-state index in [0.717, 1.165) is 16.7 Å². The van der Waals surface area contributed by atoms with Crippen LogP contribution in [0.25, 0.3) is 11.1 Å². The van der Waals surface area contributed by atoms with Crippen molar-refractivity contribution in [2.75, 3.05) is 66.0 Å². The molecule has 3 aliphatic rings. The normalized spacial score (nSPS) is 17.6. The van der Waals surface area contributed by atoms with Gasteiger partial charge in [0.25, 0.3) is 5.91 Å². The number of methoxy groups -OCH3 is 3. The average molecular weight is 701 g/mol. The standard InChI is InChI=1S/C38H44N4O9/c1-23(43)40-27-13-11-24-20-32(47-2)36(48-3)37(49-4)35(24)25-12-14-28(29(44)21-26(25)27)39-15-7-10-34(45)41-16-18-42(19-17-41)38(46)33-22-50-30-8-5-6-9-31(30)51-33/h5-6,8-9,12,14,20-21,27,33H,7,10-11,13,15-19,22H2,1-4H3,(H,39,44)(H,40,43)/t27-,33+/m0/s1. The van der Waals surface area contributed by atoms with Crippen molar-refractivity contribution in [1.82, 2.24) is 15.1 Å². The number of rotatable bonds is 10. The Morgan fingerprint density at radius 2 is 1.63 bits per heavy atom. The fourth-order valence-electron chi connectivity index (χ4n) is 7.00. The maximum Gasteiger partial charge on any atom is 0.267 e. The van der Waals surface area contributed by atoms with Crippen molar-refractivity contribution in [3.63, 3.8) is 0 Å². The van der Waals surface area contributed by atoms with Crippen molar-refractivity contribution >= 4 is 23.4 Å². The molecule has 0 radical (unpaired) electrons. The minimum absolute atomic E-state index is 0.00557. The van der Waals surface area contributed by atoms with Crippen molar-refractivity contribution < 1.29 is 38.1 Å². The van der Waals surface area contributed by atoms with E-state index in [9.17, 15) is 19.2 Å². The first-order valence-electron chi connectivity index (χ1n) is 17.2. The number of nitrogens with zero attached hydrogens (tertiary/aromatic N) is 2. The van der Waals surface area contributed by atoms with Gasteiger partial charge in [-0.15, -0.1) is 0 Å². The monoisotopic (exact) mass is 700 g/mol. The topological polar surface area (TPSA) is 145 Å². The van der Waals surface area contributed by atoms with Crippen LogP contribution < -0.4 is 39.7 Å². The van der Waals surface area contributed by atoms with Crippen LogP contribution >= 0.6 is 0 Å². The van der Waals surface area contributed by atoms with Crippen LogP contribution in [0.15, 0.2) is 53.3 Å². The number of carbonyl (C=O) groups excluding carboxylic acids is 3. The molecule has 2 atom stereocenters. The molecule has 13 nitrogen and oxygen atoms in total. The molecule has 2 aliphatic heterocycles. The number of aryl methyl sites for hydroxylation is 1. The third kappa shape index (κ3) is 7.52. The fraction of sp³-hybridized carbons (Fsp3) is 0.421. The van der Waals surface area contributed by atoms with Crippen molar-refractivity contribution in [2.24, 2.45) is 0 Å². The van der Waals surface area contributed by atoms with Gasteiger partial charge in [0, 0.05) is 51.6 Å². The number of nitrogens with one attached hydrogen (secondary N) is 2. The van der Waals surface area contributed by atoms with Crippen molar-refractivity contribution in [3.05, 3.63) is 69.9 Å². The van der Waals surface area contributed by atoms with Crippen LogP contribution in [-0.2, 0) is 20.8 Å². The second kappa shape index (κ2) is 15.6. The van der Waals surface area contributed by atoms with Crippen LogP contribution in [-0.4, -0.2) is 94.3 Å². The van der Waals surface area contributed by atoms with E-state index in [1.165, 1.54) is 6.92 Å². The van der Waals surface area contributed by atoms with E-state index in [1.54, 1.807) is 55.4 Å². The van der Waals surface area contributed by atoms with E-state index >= 15 is 0 Å². The molecule has 3 aromatic rings. The maximum absolute atomic E-state index is 13.6. The number of para-hydroxylation sites is 2. The Bertz CT molecular complexity index is 1860. The summed E-state index contributed by atoms with van der Waals surface area (Å²) in [5.41, 5.74) is 3.27. The molecule has 1 fully saturated rings. The van der Waals surface area contributed by atoms with Gasteiger partial charge in [0.2, 0.25) is 29.1 Å². The number of hydrogen-bond acceptors (Lipinski definition) is 10. The summed E-state index contributed by atoms with van der Waals surface area (Å²) in [6.45, 7) is 3.71. The number of carbonyl (C=O) groups is 3. The summed E-state index contributed by atoms with van der Waals surface area (Å²) in [6.07, 6.45) is 1.25. The number of piperazine rings is 1. The molecular weight excluding hydrogens is 656 g/mol. The van der Waals surface area contributed by atoms with E-state index in [0.29, 0.717) is 92.0 Å².